The van der Waals surface area contributed by atoms with E-state index in [9.17, 15) is 0 Å². The minimum atomic E-state index is -5.17. The van der Waals surface area contributed by atoms with Crippen LogP contribution in [-0.4, -0.2) is 17.5 Å². The molecule has 0 saturated heterocycles. The zero-order valence-corrected chi connectivity index (χ0v) is 4.16. The van der Waals surface area contributed by atoms with Crippen molar-refractivity contribution in [2.24, 2.45) is 0 Å². The maximum atomic E-state index is 8.52. The molecule has 0 radical (unpaired) electrons. The quantitative estimate of drug-likeness (QED) is 0.249. The monoisotopic (exact) mass is 155 g/mol. The van der Waals surface area contributed by atoms with Gasteiger partial charge in [-0.25, -0.2) is 0 Å². The molecule has 0 bridgehead atoms. The second-order valence-corrected chi connectivity index (χ2v) is 1.22. The molecule has 0 aromatic rings. The Morgan fingerprint density at radius 3 is 1.33 bits per heavy atom. The molecule has 0 aliphatic carbocycles. The molecule has 40 valence electrons. The van der Waals surface area contributed by atoms with Crippen molar-refractivity contribution in [3.63, 3.8) is 0 Å². The summed E-state index contributed by atoms with van der Waals surface area (Å²) in [6, 6.07) is 0. The molecular formula is HNiO4S+. The fraction of sp³-hybridized carbons (Fsp3) is 0. The van der Waals surface area contributed by atoms with Crippen molar-refractivity contribution in [1.29, 1.82) is 0 Å². The van der Waals surface area contributed by atoms with Crippen molar-refractivity contribution in [3.05, 3.63) is 0 Å². The Morgan fingerprint density at radius 1 is 1.33 bits per heavy atom. The van der Waals surface area contributed by atoms with Crippen molar-refractivity contribution in [3.8, 4) is 0 Å². The summed E-state index contributed by atoms with van der Waals surface area (Å²) in [5, 5.41) is 0. The molecule has 0 saturated carbocycles. The fourth-order valence-electron chi connectivity index (χ4n) is 0. The van der Waals surface area contributed by atoms with Crippen LogP contribution in [0.4, 0.5) is 0 Å². The Labute approximate surface area is 46.5 Å². The number of hydrogen-bond acceptors (Lipinski definition) is 4. The van der Waals surface area contributed by atoms with Gasteiger partial charge in [-0.1, -0.05) is 0 Å². The summed E-state index contributed by atoms with van der Waals surface area (Å²) in [4.78, 5) is 0. The van der Waals surface area contributed by atoms with E-state index in [0.29, 0.717) is 0 Å². The van der Waals surface area contributed by atoms with Gasteiger partial charge in [-0.05, 0) is 0 Å². The van der Waals surface area contributed by atoms with E-state index >= 15 is 0 Å². The SMILES string of the molecule is O=S(=O)([O-])[O-].[H+].[Ni+2]. The Bertz CT molecular complexity index is 94.9. The van der Waals surface area contributed by atoms with Gasteiger partial charge in [0.15, 0.2) is 0 Å². The zero-order valence-electron chi connectivity index (χ0n) is 3.36. The van der Waals surface area contributed by atoms with Gasteiger partial charge in [0.25, 0.3) is 0 Å². The van der Waals surface area contributed by atoms with Crippen molar-refractivity contribution >= 4 is 10.4 Å². The summed E-state index contributed by atoms with van der Waals surface area (Å²) in [5.41, 5.74) is 0. The molecule has 0 aromatic heterocycles. The summed E-state index contributed by atoms with van der Waals surface area (Å²) in [6.45, 7) is 0. The normalized spacial score (nSPS) is 9.67. The van der Waals surface area contributed by atoms with Crippen LogP contribution in [0.1, 0.15) is 1.43 Å². The molecule has 0 spiro atoms. The largest absolute Gasteiger partial charge is 2.00 e. The van der Waals surface area contributed by atoms with Crippen LogP contribution in [-0.2, 0) is 26.9 Å². The third-order valence-electron chi connectivity index (χ3n) is 0. The molecule has 0 aliphatic rings. The summed E-state index contributed by atoms with van der Waals surface area (Å²) >= 11 is 0. The molecule has 0 unspecified atom stereocenters. The standard InChI is InChI=1S/Ni.H2O4S/c;1-5(2,3)4/h;(H2,1,2,3,4)/q+2;/p-1. The van der Waals surface area contributed by atoms with Gasteiger partial charge in [0.1, 0.15) is 0 Å². The zero-order chi connectivity index (χ0) is 4.50. The van der Waals surface area contributed by atoms with Gasteiger partial charge < -0.3 is 9.11 Å². The van der Waals surface area contributed by atoms with Crippen LogP contribution in [0.5, 0.6) is 0 Å². The first-order valence-electron chi connectivity index (χ1n) is 0.667. The van der Waals surface area contributed by atoms with Gasteiger partial charge in [-0.3, -0.25) is 8.42 Å². The Balaban J connectivity index is -0.0000000800. The van der Waals surface area contributed by atoms with Crippen molar-refractivity contribution in [2.45, 2.75) is 0 Å². The topological polar surface area (TPSA) is 80.3 Å². The third kappa shape index (κ3) is 374. The van der Waals surface area contributed by atoms with E-state index in [-0.39, 0.29) is 17.9 Å². The smallest absolute Gasteiger partial charge is 0.759 e. The maximum absolute atomic E-state index is 8.52. The first-order valence-corrected chi connectivity index (χ1v) is 2.00. The third-order valence-corrected chi connectivity index (χ3v) is 0. The van der Waals surface area contributed by atoms with Crippen molar-refractivity contribution in [2.75, 3.05) is 0 Å². The van der Waals surface area contributed by atoms with Gasteiger partial charge in [-0.15, -0.1) is 0 Å². The number of rotatable bonds is 0. The van der Waals surface area contributed by atoms with Gasteiger partial charge in [0.2, 0.25) is 0 Å². The summed E-state index contributed by atoms with van der Waals surface area (Å²) in [6.07, 6.45) is 0. The molecule has 0 atom stereocenters. The second-order valence-electron chi connectivity index (χ2n) is 0.408. The Morgan fingerprint density at radius 2 is 1.33 bits per heavy atom. The van der Waals surface area contributed by atoms with E-state index < -0.39 is 10.4 Å². The van der Waals surface area contributed by atoms with E-state index in [4.69, 9.17) is 17.5 Å². The average Bonchev–Trinajstić information content (AvgIpc) is 0.722. The van der Waals surface area contributed by atoms with Crippen LogP contribution in [0, 0.1) is 0 Å². The van der Waals surface area contributed by atoms with Crippen LogP contribution >= 0.6 is 0 Å². The van der Waals surface area contributed by atoms with E-state index in [1.165, 1.54) is 0 Å². The number of hydrogen-bond donors (Lipinski definition) is 0. The van der Waals surface area contributed by atoms with Crippen molar-refractivity contribution < 1.29 is 35.4 Å². The molecule has 0 N–H and O–H groups in total. The predicted molar refractivity (Wildman–Crippen MR) is 11.6 cm³/mol. The fourth-order valence-corrected chi connectivity index (χ4v) is 0. The van der Waals surface area contributed by atoms with E-state index in [1.54, 1.807) is 0 Å². The Kier molecular flexibility index (Phi) is 4.04. The molecule has 0 heterocycles. The van der Waals surface area contributed by atoms with Gasteiger partial charge in [0.05, 0.1) is 0 Å². The van der Waals surface area contributed by atoms with E-state index in [2.05, 4.69) is 0 Å². The second kappa shape index (κ2) is 2.52. The van der Waals surface area contributed by atoms with Crippen LogP contribution in [0.3, 0.4) is 0 Å². The van der Waals surface area contributed by atoms with E-state index in [1.807, 2.05) is 0 Å². The first kappa shape index (κ1) is 9.61. The molecule has 0 amide bonds. The summed E-state index contributed by atoms with van der Waals surface area (Å²) in [7, 11) is -5.17. The predicted octanol–water partition coefficient (Wildman–Crippen LogP) is -1.23. The maximum Gasteiger partial charge on any atom is 2.00 e. The Hall–Kier alpha value is 0.364. The molecule has 4 nitrogen and oxygen atoms in total. The average molecular weight is 156 g/mol. The first-order chi connectivity index (χ1) is 2.00. The van der Waals surface area contributed by atoms with Gasteiger partial charge in [-0.2, -0.15) is 0 Å². The molecule has 0 aliphatic heterocycles. The molecule has 0 rings (SSSR count). The molecule has 0 fully saturated rings. The van der Waals surface area contributed by atoms with E-state index in [0.717, 1.165) is 0 Å². The minimum absolute atomic E-state index is 0. The molecule has 0 aromatic carbocycles. The van der Waals surface area contributed by atoms with Crippen LogP contribution in [0.2, 0.25) is 0 Å². The minimum Gasteiger partial charge on any atom is -0.759 e. The molecular weight excluding hydrogens is 155 g/mol. The van der Waals surface area contributed by atoms with Gasteiger partial charge >= 0.3 is 17.9 Å². The van der Waals surface area contributed by atoms with Crippen LogP contribution < -0.4 is 0 Å². The summed E-state index contributed by atoms with van der Waals surface area (Å²) < 4.78 is 34.1. The van der Waals surface area contributed by atoms with Crippen LogP contribution in [0.15, 0.2) is 0 Å². The molecule has 6 heavy (non-hydrogen) atoms. The van der Waals surface area contributed by atoms with Gasteiger partial charge in [0, 0.05) is 10.4 Å². The van der Waals surface area contributed by atoms with Crippen molar-refractivity contribution in [1.82, 2.24) is 0 Å². The summed E-state index contributed by atoms with van der Waals surface area (Å²) in [5.74, 6) is 0. The molecule has 6 heteroatoms. The van der Waals surface area contributed by atoms with Crippen LogP contribution in [0.25, 0.3) is 0 Å².